The van der Waals surface area contributed by atoms with Crippen LogP contribution >= 0.6 is 0 Å². The summed E-state index contributed by atoms with van der Waals surface area (Å²) in [6, 6.07) is 0. The summed E-state index contributed by atoms with van der Waals surface area (Å²) in [5.74, 6) is 0.196. The molecule has 60 valence electrons. The topological polar surface area (TPSA) is 3.24 Å². The molecule has 0 saturated carbocycles. The quantitative estimate of drug-likeness (QED) is 0.480. The lowest BCUT2D eigenvalue weighted by Gasteiger charge is -2.18. The molecular weight excluding hydrogens is 143 g/mol. The second kappa shape index (κ2) is 2.42. The van der Waals surface area contributed by atoms with Gasteiger partial charge in [0.05, 0.1) is 0 Å². The van der Waals surface area contributed by atoms with E-state index in [9.17, 15) is 13.2 Å². The molecule has 1 heterocycles. The van der Waals surface area contributed by atoms with Gasteiger partial charge in [0.25, 0.3) is 0 Å². The van der Waals surface area contributed by atoms with Gasteiger partial charge in [0.1, 0.15) is 0 Å². The van der Waals surface area contributed by atoms with Gasteiger partial charge in [0.2, 0.25) is 0 Å². The molecule has 1 saturated heterocycles. The average Bonchev–Trinajstić information content (AvgIpc) is 2.11. The van der Waals surface area contributed by atoms with E-state index in [0.29, 0.717) is 11.3 Å². The third-order valence-corrected chi connectivity index (χ3v) is 1.78. The number of alkyl halides is 3. The van der Waals surface area contributed by atoms with Gasteiger partial charge in [-0.25, -0.2) is 4.90 Å². The summed E-state index contributed by atoms with van der Waals surface area (Å²) in [5.41, 5.74) is 0. The molecule has 1 nitrogen and oxygen atoms in total. The third-order valence-electron chi connectivity index (χ3n) is 1.78. The Morgan fingerprint density at radius 2 is 2.00 bits per heavy atom. The zero-order valence-corrected chi connectivity index (χ0v) is 5.78. The first-order chi connectivity index (χ1) is 4.50. The Labute approximate surface area is 57.8 Å². The lowest BCUT2D eigenvalue weighted by Crippen LogP contribution is -2.35. The second-order valence-electron chi connectivity index (χ2n) is 2.81. The number of rotatable bonds is 0. The molecule has 10 heavy (non-hydrogen) atoms. The second-order valence-corrected chi connectivity index (χ2v) is 2.81. The van der Waals surface area contributed by atoms with E-state index >= 15 is 0 Å². The summed E-state index contributed by atoms with van der Waals surface area (Å²) in [6.07, 6.45) is -3.44. The molecule has 1 fully saturated rings. The van der Waals surface area contributed by atoms with Crippen LogP contribution in [0.15, 0.2) is 0 Å². The van der Waals surface area contributed by atoms with Crippen molar-refractivity contribution in [3.63, 3.8) is 0 Å². The van der Waals surface area contributed by atoms with Crippen molar-refractivity contribution < 1.29 is 13.2 Å². The SMILES string of the molecule is CC1CCN(C(F)(F)F)C1. The van der Waals surface area contributed by atoms with Crippen LogP contribution in [0.1, 0.15) is 13.3 Å². The minimum atomic E-state index is -4.11. The van der Waals surface area contributed by atoms with E-state index < -0.39 is 6.30 Å². The Morgan fingerprint density at radius 1 is 1.40 bits per heavy atom. The number of likely N-dealkylation sites (tertiary alicyclic amines) is 1. The van der Waals surface area contributed by atoms with Gasteiger partial charge in [0, 0.05) is 13.1 Å². The van der Waals surface area contributed by atoms with Gasteiger partial charge in [-0.1, -0.05) is 6.92 Å². The molecule has 4 heteroatoms. The van der Waals surface area contributed by atoms with E-state index in [-0.39, 0.29) is 19.0 Å². The zero-order valence-electron chi connectivity index (χ0n) is 5.78. The highest BCUT2D eigenvalue weighted by atomic mass is 19.4. The summed E-state index contributed by atoms with van der Waals surface area (Å²) < 4.78 is 35.6. The molecule has 1 unspecified atom stereocenters. The van der Waals surface area contributed by atoms with Crippen molar-refractivity contribution in [3.8, 4) is 0 Å². The smallest absolute Gasteiger partial charge is 0.214 e. The first-order valence-electron chi connectivity index (χ1n) is 3.32. The predicted molar refractivity (Wildman–Crippen MR) is 31.4 cm³/mol. The van der Waals surface area contributed by atoms with Crippen LogP contribution in [0.25, 0.3) is 0 Å². The van der Waals surface area contributed by atoms with Gasteiger partial charge in [-0.05, 0) is 12.3 Å². The molecule has 0 aliphatic carbocycles. The summed E-state index contributed by atoms with van der Waals surface area (Å²) in [5, 5.41) is 0. The Bertz CT molecular complexity index is 121. The number of nitrogens with zero attached hydrogens (tertiary/aromatic N) is 1. The van der Waals surface area contributed by atoms with Gasteiger partial charge >= 0.3 is 6.30 Å². The minimum Gasteiger partial charge on any atom is -0.214 e. The van der Waals surface area contributed by atoms with Crippen LogP contribution in [0, 0.1) is 5.92 Å². The Balaban J connectivity index is 2.45. The van der Waals surface area contributed by atoms with Crippen LogP contribution in [0.5, 0.6) is 0 Å². The molecule has 0 aromatic rings. The van der Waals surface area contributed by atoms with Crippen molar-refractivity contribution in [2.75, 3.05) is 13.1 Å². The highest BCUT2D eigenvalue weighted by Gasteiger charge is 2.40. The fraction of sp³-hybridized carbons (Fsp3) is 1.00. The largest absolute Gasteiger partial charge is 0.459 e. The number of halogens is 3. The minimum absolute atomic E-state index is 0.170. The van der Waals surface area contributed by atoms with E-state index in [0.717, 1.165) is 0 Å². The predicted octanol–water partition coefficient (Wildman–Crippen LogP) is 1.85. The van der Waals surface area contributed by atoms with Gasteiger partial charge in [-0.15, -0.1) is 0 Å². The fourth-order valence-electron chi connectivity index (χ4n) is 1.17. The van der Waals surface area contributed by atoms with E-state index in [1.807, 2.05) is 6.92 Å². The van der Waals surface area contributed by atoms with Crippen LogP contribution in [-0.4, -0.2) is 24.3 Å². The molecule has 1 rings (SSSR count). The molecule has 1 atom stereocenters. The van der Waals surface area contributed by atoms with Crippen molar-refractivity contribution >= 4 is 0 Å². The first-order valence-corrected chi connectivity index (χ1v) is 3.32. The van der Waals surface area contributed by atoms with Crippen LogP contribution in [0.2, 0.25) is 0 Å². The van der Waals surface area contributed by atoms with Crippen LogP contribution in [-0.2, 0) is 0 Å². The van der Waals surface area contributed by atoms with Crippen molar-refractivity contribution in [1.82, 2.24) is 4.90 Å². The van der Waals surface area contributed by atoms with E-state index in [1.54, 1.807) is 0 Å². The molecule has 0 aromatic carbocycles. The highest BCUT2D eigenvalue weighted by Crippen LogP contribution is 2.27. The Kier molecular flexibility index (Phi) is 1.90. The Morgan fingerprint density at radius 3 is 2.20 bits per heavy atom. The van der Waals surface area contributed by atoms with Crippen LogP contribution < -0.4 is 0 Å². The van der Waals surface area contributed by atoms with Gasteiger partial charge in [-0.2, -0.15) is 13.2 Å². The van der Waals surface area contributed by atoms with Gasteiger partial charge < -0.3 is 0 Å². The van der Waals surface area contributed by atoms with E-state index in [1.165, 1.54) is 0 Å². The molecule has 0 amide bonds. The maximum atomic E-state index is 11.9. The zero-order chi connectivity index (χ0) is 7.78. The van der Waals surface area contributed by atoms with Crippen molar-refractivity contribution in [2.24, 2.45) is 5.92 Å². The highest BCUT2D eigenvalue weighted by molar-refractivity contribution is 4.73. The lowest BCUT2D eigenvalue weighted by atomic mass is 10.2. The Hall–Kier alpha value is -0.250. The molecule has 0 aromatic heterocycles. The van der Waals surface area contributed by atoms with Crippen molar-refractivity contribution in [1.29, 1.82) is 0 Å². The number of hydrogen-bond acceptors (Lipinski definition) is 1. The summed E-state index contributed by atoms with van der Waals surface area (Å²) in [6.45, 7) is 2.18. The molecule has 0 spiro atoms. The summed E-state index contributed by atoms with van der Waals surface area (Å²) >= 11 is 0. The molecule has 1 aliphatic heterocycles. The molecular formula is C6H10F3N. The summed E-state index contributed by atoms with van der Waals surface area (Å²) in [4.78, 5) is 0.567. The molecule has 0 N–H and O–H groups in total. The monoisotopic (exact) mass is 153 g/mol. The number of hydrogen-bond donors (Lipinski definition) is 0. The van der Waals surface area contributed by atoms with Crippen LogP contribution in [0.4, 0.5) is 13.2 Å². The van der Waals surface area contributed by atoms with Crippen molar-refractivity contribution in [2.45, 2.75) is 19.6 Å². The third kappa shape index (κ3) is 1.62. The average molecular weight is 153 g/mol. The van der Waals surface area contributed by atoms with E-state index in [4.69, 9.17) is 0 Å². The summed E-state index contributed by atoms with van der Waals surface area (Å²) in [7, 11) is 0. The van der Waals surface area contributed by atoms with Gasteiger partial charge in [0.15, 0.2) is 0 Å². The molecule has 0 bridgehead atoms. The standard InChI is InChI=1S/C6H10F3N/c1-5-2-3-10(4-5)6(7,8)9/h5H,2-4H2,1H3. The molecule has 0 radical (unpaired) electrons. The maximum absolute atomic E-state index is 11.9. The fourth-order valence-corrected chi connectivity index (χ4v) is 1.17. The first kappa shape index (κ1) is 7.85. The van der Waals surface area contributed by atoms with Crippen LogP contribution in [0.3, 0.4) is 0 Å². The maximum Gasteiger partial charge on any atom is 0.459 e. The lowest BCUT2D eigenvalue weighted by molar-refractivity contribution is -0.239. The van der Waals surface area contributed by atoms with Crippen molar-refractivity contribution in [3.05, 3.63) is 0 Å². The normalized spacial score (nSPS) is 29.4. The molecule has 1 aliphatic rings. The van der Waals surface area contributed by atoms with E-state index in [2.05, 4.69) is 0 Å². The van der Waals surface area contributed by atoms with Gasteiger partial charge in [-0.3, -0.25) is 0 Å².